The average molecular weight is 428 g/mol. The molecule has 2 aliphatic carbocycles. The molecule has 0 saturated heterocycles. The lowest BCUT2D eigenvalue weighted by Crippen LogP contribution is -2.29. The van der Waals surface area contributed by atoms with Gasteiger partial charge in [0.25, 0.3) is 0 Å². The number of hydrogen-bond donors (Lipinski definition) is 1. The van der Waals surface area contributed by atoms with Crippen LogP contribution in [-0.4, -0.2) is 49.2 Å². The van der Waals surface area contributed by atoms with E-state index in [1.165, 1.54) is 0 Å². The van der Waals surface area contributed by atoms with E-state index in [4.69, 9.17) is 9.47 Å². The molecule has 2 aromatic rings. The summed E-state index contributed by atoms with van der Waals surface area (Å²) in [7, 11) is 1.74. The summed E-state index contributed by atoms with van der Waals surface area (Å²) in [5, 5.41) is 17.5. The van der Waals surface area contributed by atoms with Crippen LogP contribution < -0.4 is 4.74 Å². The Morgan fingerprint density at radius 3 is 2.61 bits per heavy atom. The van der Waals surface area contributed by atoms with Gasteiger partial charge in [0.15, 0.2) is 0 Å². The molecule has 2 aromatic heterocycles. The zero-order valence-electron chi connectivity index (χ0n) is 17.7. The van der Waals surface area contributed by atoms with Gasteiger partial charge in [-0.25, -0.2) is 0 Å². The molecular formula is C22H28N4O5. The molecule has 0 aromatic carbocycles. The second-order valence-electron chi connectivity index (χ2n) is 8.40. The maximum absolute atomic E-state index is 12.4. The van der Waals surface area contributed by atoms with Crippen LogP contribution in [0.15, 0.2) is 18.3 Å². The fourth-order valence-electron chi connectivity index (χ4n) is 4.40. The van der Waals surface area contributed by atoms with Crippen LogP contribution in [0.1, 0.15) is 57.1 Å². The minimum absolute atomic E-state index is 0.0206. The average Bonchev–Trinajstić information content (AvgIpc) is 3.39. The van der Waals surface area contributed by atoms with Crippen LogP contribution in [0.4, 0.5) is 0 Å². The number of carbonyl (C=O) groups excluding carboxylic acids is 1. The summed E-state index contributed by atoms with van der Waals surface area (Å²) in [5.74, 6) is -0.796. The number of aromatic nitrogens is 4. The third-order valence-electron chi connectivity index (χ3n) is 6.11. The molecule has 2 heterocycles. The second kappa shape index (κ2) is 9.45. The lowest BCUT2D eigenvalue weighted by atomic mass is 9.87. The van der Waals surface area contributed by atoms with Crippen LogP contribution >= 0.6 is 0 Å². The van der Waals surface area contributed by atoms with Crippen LogP contribution in [0.25, 0.3) is 11.4 Å². The molecule has 2 fully saturated rings. The van der Waals surface area contributed by atoms with E-state index in [0.717, 1.165) is 38.5 Å². The minimum atomic E-state index is -0.761. The molecule has 2 atom stereocenters. The lowest BCUT2D eigenvalue weighted by molar-refractivity contribution is -0.148. The largest absolute Gasteiger partial charge is 0.489 e. The first-order valence-corrected chi connectivity index (χ1v) is 10.9. The Morgan fingerprint density at radius 1 is 1.13 bits per heavy atom. The summed E-state index contributed by atoms with van der Waals surface area (Å²) in [6.07, 6.45) is 8.54. The third-order valence-corrected chi connectivity index (χ3v) is 6.11. The molecule has 9 nitrogen and oxygen atoms in total. The van der Waals surface area contributed by atoms with Crippen molar-refractivity contribution in [1.82, 2.24) is 20.0 Å². The van der Waals surface area contributed by atoms with E-state index in [1.54, 1.807) is 30.1 Å². The van der Waals surface area contributed by atoms with Crippen LogP contribution in [0.3, 0.4) is 0 Å². The fourth-order valence-corrected chi connectivity index (χ4v) is 4.40. The van der Waals surface area contributed by atoms with Crippen molar-refractivity contribution < 1.29 is 24.2 Å². The van der Waals surface area contributed by atoms with Gasteiger partial charge in [-0.05, 0) is 63.5 Å². The number of hydrogen-bond acceptors (Lipinski definition) is 7. The molecule has 31 heavy (non-hydrogen) atoms. The monoisotopic (exact) mass is 428 g/mol. The van der Waals surface area contributed by atoms with E-state index in [0.29, 0.717) is 35.7 Å². The predicted molar refractivity (Wildman–Crippen MR) is 110 cm³/mol. The molecule has 166 valence electrons. The van der Waals surface area contributed by atoms with Crippen molar-refractivity contribution in [3.05, 3.63) is 24.0 Å². The molecule has 9 heteroatoms. The van der Waals surface area contributed by atoms with Gasteiger partial charge in [-0.3, -0.25) is 19.3 Å². The van der Waals surface area contributed by atoms with E-state index >= 15 is 0 Å². The Hall–Kier alpha value is -2.97. The van der Waals surface area contributed by atoms with Gasteiger partial charge in [-0.15, -0.1) is 5.10 Å². The molecule has 2 aliphatic rings. The number of pyridine rings is 1. The summed E-state index contributed by atoms with van der Waals surface area (Å²) in [5.41, 5.74) is 1.79. The van der Waals surface area contributed by atoms with Crippen LogP contribution in [0.2, 0.25) is 0 Å². The lowest BCUT2D eigenvalue weighted by Gasteiger charge is -2.27. The zero-order chi connectivity index (χ0) is 21.8. The van der Waals surface area contributed by atoms with Gasteiger partial charge < -0.3 is 14.6 Å². The zero-order valence-corrected chi connectivity index (χ0v) is 17.7. The van der Waals surface area contributed by atoms with Crippen LogP contribution in [-0.2, 0) is 27.8 Å². The summed E-state index contributed by atoms with van der Waals surface area (Å²) in [6, 6.07) is 3.57. The number of aryl methyl sites for hydroxylation is 1. The number of carboxylic acid groups (broad SMARTS) is 1. The first kappa shape index (κ1) is 21.3. The summed E-state index contributed by atoms with van der Waals surface area (Å²) >= 11 is 0. The highest BCUT2D eigenvalue weighted by atomic mass is 16.5. The first-order chi connectivity index (χ1) is 15.0. The Labute approximate surface area is 180 Å². The normalized spacial score (nSPS) is 21.7. The first-order valence-electron chi connectivity index (χ1n) is 10.9. The Kier molecular flexibility index (Phi) is 6.48. The van der Waals surface area contributed by atoms with E-state index in [2.05, 4.69) is 15.3 Å². The topological polar surface area (TPSA) is 116 Å². The van der Waals surface area contributed by atoms with Crippen molar-refractivity contribution in [3.63, 3.8) is 0 Å². The molecular weight excluding hydrogens is 400 g/mol. The van der Waals surface area contributed by atoms with Gasteiger partial charge in [-0.1, -0.05) is 5.21 Å². The molecule has 0 spiro atoms. The maximum atomic E-state index is 12.4. The van der Waals surface area contributed by atoms with Gasteiger partial charge in [0, 0.05) is 7.05 Å². The van der Waals surface area contributed by atoms with Crippen LogP contribution in [0.5, 0.6) is 5.75 Å². The molecule has 0 radical (unpaired) electrons. The standard InChI is InChI=1S/C22H28N4O5/c1-26-19(12-20(27)31-15-6-2-3-7-15)21(24-25-26)18-10-9-17(13-23-18)30-16-8-4-5-14(11-16)22(28)29/h9-10,13-16H,2-8,11-12H2,1H3,(H,28,29)/t14-,16-/m0/s1. The highest BCUT2D eigenvalue weighted by molar-refractivity contribution is 5.75. The number of ether oxygens (including phenoxy) is 2. The van der Waals surface area contributed by atoms with E-state index in [1.807, 2.05) is 0 Å². The van der Waals surface area contributed by atoms with Gasteiger partial charge >= 0.3 is 11.9 Å². The van der Waals surface area contributed by atoms with E-state index in [9.17, 15) is 14.7 Å². The molecule has 4 rings (SSSR count). The van der Waals surface area contributed by atoms with Crippen molar-refractivity contribution in [3.8, 4) is 17.1 Å². The van der Waals surface area contributed by atoms with Crippen molar-refractivity contribution >= 4 is 11.9 Å². The van der Waals surface area contributed by atoms with Gasteiger partial charge in [0.2, 0.25) is 0 Å². The highest BCUT2D eigenvalue weighted by Gasteiger charge is 2.28. The predicted octanol–water partition coefficient (Wildman–Crippen LogP) is 2.93. The van der Waals surface area contributed by atoms with Gasteiger partial charge in [0.1, 0.15) is 17.5 Å². The van der Waals surface area contributed by atoms with Crippen LogP contribution in [0, 0.1) is 5.92 Å². The molecule has 1 N–H and O–H groups in total. The molecule has 0 unspecified atom stereocenters. The Balaban J connectivity index is 1.41. The smallest absolute Gasteiger partial charge is 0.312 e. The van der Waals surface area contributed by atoms with E-state index < -0.39 is 5.97 Å². The third kappa shape index (κ3) is 5.21. The Bertz CT molecular complexity index is 920. The summed E-state index contributed by atoms with van der Waals surface area (Å²) < 4.78 is 13.1. The molecule has 2 saturated carbocycles. The number of rotatable bonds is 7. The fraction of sp³-hybridized carbons (Fsp3) is 0.591. The Morgan fingerprint density at radius 2 is 1.90 bits per heavy atom. The maximum Gasteiger partial charge on any atom is 0.312 e. The quantitative estimate of drug-likeness (QED) is 0.669. The number of aliphatic carboxylic acids is 1. The van der Waals surface area contributed by atoms with Gasteiger partial charge in [0.05, 0.1) is 36.0 Å². The number of nitrogens with zero attached hydrogens (tertiary/aromatic N) is 4. The summed E-state index contributed by atoms with van der Waals surface area (Å²) in [4.78, 5) is 28.1. The van der Waals surface area contributed by atoms with Crippen molar-refractivity contribution in [2.45, 2.75) is 70.0 Å². The minimum Gasteiger partial charge on any atom is -0.489 e. The van der Waals surface area contributed by atoms with Crippen molar-refractivity contribution in [2.24, 2.45) is 13.0 Å². The van der Waals surface area contributed by atoms with E-state index in [-0.39, 0.29) is 30.5 Å². The molecule has 0 amide bonds. The van der Waals surface area contributed by atoms with Crippen molar-refractivity contribution in [1.29, 1.82) is 0 Å². The number of carboxylic acids is 1. The second-order valence-corrected chi connectivity index (χ2v) is 8.40. The molecule has 0 bridgehead atoms. The number of esters is 1. The van der Waals surface area contributed by atoms with Gasteiger partial charge in [-0.2, -0.15) is 0 Å². The van der Waals surface area contributed by atoms with Crippen molar-refractivity contribution in [2.75, 3.05) is 0 Å². The highest BCUT2D eigenvalue weighted by Crippen LogP contribution is 2.29. The number of carbonyl (C=O) groups is 2. The molecule has 0 aliphatic heterocycles. The SMILES string of the molecule is Cn1nnc(-c2ccc(O[C@H]3CCC[C@H](C(=O)O)C3)cn2)c1CC(=O)OC1CCCC1. The summed E-state index contributed by atoms with van der Waals surface area (Å²) in [6.45, 7) is 0.